The smallest absolute Gasteiger partial charge is 0.271 e. The number of sulfonamides is 1. The molecular formula is C21H27N3O5S. The van der Waals surface area contributed by atoms with Crippen LogP contribution in [0.4, 0.5) is 17.1 Å². The van der Waals surface area contributed by atoms with Gasteiger partial charge in [0.15, 0.2) is 0 Å². The number of hydrogen-bond donors (Lipinski definition) is 1. The highest BCUT2D eigenvalue weighted by atomic mass is 32.2. The zero-order valence-electron chi connectivity index (χ0n) is 17.7. The molecule has 0 aromatic heterocycles. The maximum absolute atomic E-state index is 13.0. The number of rotatable bonds is 8. The van der Waals surface area contributed by atoms with Crippen molar-refractivity contribution >= 4 is 33.0 Å². The van der Waals surface area contributed by atoms with Gasteiger partial charge in [-0.15, -0.1) is 0 Å². The van der Waals surface area contributed by atoms with Crippen molar-refractivity contribution in [2.75, 3.05) is 15.9 Å². The summed E-state index contributed by atoms with van der Waals surface area (Å²) in [6, 6.07) is 10.2. The topological polar surface area (TPSA) is 110 Å². The van der Waals surface area contributed by atoms with E-state index in [4.69, 9.17) is 0 Å². The van der Waals surface area contributed by atoms with Crippen LogP contribution in [-0.4, -0.2) is 31.5 Å². The summed E-state index contributed by atoms with van der Waals surface area (Å²) in [5, 5.41) is 13.9. The number of carbonyl (C=O) groups is 1. The van der Waals surface area contributed by atoms with Crippen LogP contribution in [0.15, 0.2) is 42.5 Å². The fraction of sp³-hybridized carbons (Fsp3) is 0.381. The highest BCUT2D eigenvalue weighted by Crippen LogP contribution is 2.30. The normalized spacial score (nSPS) is 12.5. The molecule has 162 valence electrons. The molecule has 0 aliphatic rings. The number of aryl methyl sites for hydroxylation is 1. The SMILES string of the molecule is CCC(C(=O)Nc1ccc(C(C)C)cc1)N(c1cc([N+](=O)[O-])ccc1C)S(C)(=O)=O. The van der Waals surface area contributed by atoms with Gasteiger partial charge in [-0.2, -0.15) is 0 Å². The van der Waals surface area contributed by atoms with Crippen molar-refractivity contribution in [1.82, 2.24) is 0 Å². The molecular weight excluding hydrogens is 406 g/mol. The standard InChI is InChI=1S/C21H27N3O5S/c1-6-19(21(25)22-17-10-8-16(9-11-17)14(2)3)23(30(5,28)29)20-13-18(24(26)27)12-7-15(20)4/h7-14,19H,6H2,1-5H3,(H,22,25). The maximum Gasteiger partial charge on any atom is 0.271 e. The van der Waals surface area contributed by atoms with Crippen molar-refractivity contribution in [1.29, 1.82) is 0 Å². The second kappa shape index (κ2) is 9.25. The molecule has 30 heavy (non-hydrogen) atoms. The van der Waals surface area contributed by atoms with Crippen molar-refractivity contribution < 1.29 is 18.1 Å². The van der Waals surface area contributed by atoms with E-state index in [-0.39, 0.29) is 17.8 Å². The minimum absolute atomic E-state index is 0.115. The van der Waals surface area contributed by atoms with Crippen molar-refractivity contribution in [3.63, 3.8) is 0 Å². The van der Waals surface area contributed by atoms with Crippen LogP contribution in [0.5, 0.6) is 0 Å². The molecule has 1 N–H and O–H groups in total. The third kappa shape index (κ3) is 5.35. The summed E-state index contributed by atoms with van der Waals surface area (Å²) < 4.78 is 26.2. The summed E-state index contributed by atoms with van der Waals surface area (Å²) in [5.74, 6) is -0.165. The second-order valence-electron chi connectivity index (χ2n) is 7.48. The first-order valence-corrected chi connectivity index (χ1v) is 11.5. The van der Waals surface area contributed by atoms with Crippen LogP contribution in [0.2, 0.25) is 0 Å². The molecule has 0 aliphatic heterocycles. The molecule has 0 saturated heterocycles. The molecule has 0 radical (unpaired) electrons. The van der Waals surface area contributed by atoms with E-state index in [1.54, 1.807) is 26.0 Å². The van der Waals surface area contributed by atoms with E-state index < -0.39 is 26.9 Å². The molecule has 8 nitrogen and oxygen atoms in total. The molecule has 0 spiro atoms. The van der Waals surface area contributed by atoms with Gasteiger partial charge in [-0.05, 0) is 42.5 Å². The molecule has 9 heteroatoms. The Labute approximate surface area is 177 Å². The fourth-order valence-electron chi connectivity index (χ4n) is 3.16. The van der Waals surface area contributed by atoms with E-state index in [1.807, 2.05) is 12.1 Å². The average Bonchev–Trinajstić information content (AvgIpc) is 2.66. The highest BCUT2D eigenvalue weighted by Gasteiger charge is 2.33. The molecule has 1 atom stereocenters. The first kappa shape index (κ1) is 23.3. The lowest BCUT2D eigenvalue weighted by Crippen LogP contribution is -2.47. The van der Waals surface area contributed by atoms with Gasteiger partial charge in [0.25, 0.3) is 5.69 Å². The van der Waals surface area contributed by atoms with E-state index >= 15 is 0 Å². The number of hydrogen-bond acceptors (Lipinski definition) is 5. The Morgan fingerprint density at radius 3 is 2.23 bits per heavy atom. The summed E-state index contributed by atoms with van der Waals surface area (Å²) in [4.78, 5) is 23.6. The Balaban J connectivity index is 2.43. The first-order valence-electron chi connectivity index (χ1n) is 9.61. The first-order chi connectivity index (χ1) is 14.0. The Hall–Kier alpha value is -2.94. The summed E-state index contributed by atoms with van der Waals surface area (Å²) in [6.07, 6.45) is 1.17. The van der Waals surface area contributed by atoms with Crippen LogP contribution < -0.4 is 9.62 Å². The quantitative estimate of drug-likeness (QED) is 0.495. The van der Waals surface area contributed by atoms with Gasteiger partial charge < -0.3 is 5.32 Å². The number of nitro groups is 1. The molecule has 0 saturated carbocycles. The second-order valence-corrected chi connectivity index (χ2v) is 9.34. The minimum Gasteiger partial charge on any atom is -0.324 e. The Morgan fingerprint density at radius 1 is 1.17 bits per heavy atom. The predicted molar refractivity (Wildman–Crippen MR) is 118 cm³/mol. The zero-order chi connectivity index (χ0) is 22.6. The highest BCUT2D eigenvalue weighted by molar-refractivity contribution is 7.92. The monoisotopic (exact) mass is 433 g/mol. The van der Waals surface area contributed by atoms with Crippen LogP contribution in [0.25, 0.3) is 0 Å². The van der Waals surface area contributed by atoms with Gasteiger partial charge in [0.1, 0.15) is 6.04 Å². The van der Waals surface area contributed by atoms with Crippen LogP contribution in [0.1, 0.15) is 44.2 Å². The van der Waals surface area contributed by atoms with E-state index in [0.717, 1.165) is 16.1 Å². The number of anilines is 2. The van der Waals surface area contributed by atoms with Gasteiger partial charge in [-0.3, -0.25) is 19.2 Å². The van der Waals surface area contributed by atoms with Crippen molar-refractivity contribution in [2.45, 2.75) is 46.1 Å². The Morgan fingerprint density at radius 2 is 1.77 bits per heavy atom. The lowest BCUT2D eigenvalue weighted by Gasteiger charge is -2.31. The number of amides is 1. The molecule has 0 heterocycles. The number of non-ortho nitro benzene ring substituents is 1. The molecule has 0 bridgehead atoms. The number of nitro benzene ring substituents is 1. The van der Waals surface area contributed by atoms with Crippen molar-refractivity contribution in [3.8, 4) is 0 Å². The van der Waals surface area contributed by atoms with Crippen molar-refractivity contribution in [3.05, 3.63) is 63.7 Å². The van der Waals surface area contributed by atoms with E-state index in [9.17, 15) is 23.3 Å². The van der Waals surface area contributed by atoms with Gasteiger partial charge >= 0.3 is 0 Å². The van der Waals surface area contributed by atoms with Gasteiger partial charge in [0.2, 0.25) is 15.9 Å². The summed E-state index contributed by atoms with van der Waals surface area (Å²) in [5.41, 5.74) is 2.04. The van der Waals surface area contributed by atoms with Crippen LogP contribution in [0, 0.1) is 17.0 Å². The van der Waals surface area contributed by atoms with Gasteiger partial charge in [-0.1, -0.05) is 39.0 Å². The minimum atomic E-state index is -3.90. The number of benzene rings is 2. The zero-order valence-corrected chi connectivity index (χ0v) is 18.6. The van der Waals surface area contributed by atoms with Crippen LogP contribution >= 0.6 is 0 Å². The maximum atomic E-state index is 13.0. The molecule has 2 aromatic carbocycles. The largest absolute Gasteiger partial charge is 0.324 e. The summed E-state index contributed by atoms with van der Waals surface area (Å²) in [6.45, 7) is 7.46. The average molecular weight is 434 g/mol. The molecule has 1 amide bonds. The van der Waals surface area contributed by atoms with E-state index in [1.165, 1.54) is 18.2 Å². The van der Waals surface area contributed by atoms with E-state index in [0.29, 0.717) is 17.2 Å². The Kier molecular flexibility index (Phi) is 7.20. The molecule has 0 fully saturated rings. The summed E-state index contributed by atoms with van der Waals surface area (Å²) in [7, 11) is -3.90. The van der Waals surface area contributed by atoms with Gasteiger partial charge in [0, 0.05) is 17.8 Å². The summed E-state index contributed by atoms with van der Waals surface area (Å²) >= 11 is 0. The van der Waals surface area contributed by atoms with Gasteiger partial charge in [0.05, 0.1) is 16.9 Å². The molecule has 0 aliphatic carbocycles. The van der Waals surface area contributed by atoms with E-state index in [2.05, 4.69) is 19.2 Å². The third-order valence-corrected chi connectivity index (χ3v) is 5.98. The Bertz CT molecular complexity index is 1030. The van der Waals surface area contributed by atoms with Crippen LogP contribution in [-0.2, 0) is 14.8 Å². The number of carbonyl (C=O) groups excluding carboxylic acids is 1. The molecule has 1 unspecified atom stereocenters. The lowest BCUT2D eigenvalue weighted by atomic mass is 10.0. The number of nitrogens with one attached hydrogen (secondary N) is 1. The predicted octanol–water partition coefficient (Wildman–Crippen LogP) is 4.21. The van der Waals surface area contributed by atoms with Crippen LogP contribution in [0.3, 0.4) is 0 Å². The van der Waals surface area contributed by atoms with Gasteiger partial charge in [-0.25, -0.2) is 8.42 Å². The number of nitrogens with zero attached hydrogens (tertiary/aromatic N) is 2. The molecule has 2 aromatic rings. The fourth-order valence-corrected chi connectivity index (χ4v) is 4.42. The third-order valence-electron chi connectivity index (χ3n) is 4.82. The van der Waals surface area contributed by atoms with Crippen molar-refractivity contribution in [2.24, 2.45) is 0 Å². The lowest BCUT2D eigenvalue weighted by molar-refractivity contribution is -0.384. The molecule has 2 rings (SSSR count).